The van der Waals surface area contributed by atoms with Gasteiger partial charge in [-0.2, -0.15) is 0 Å². The van der Waals surface area contributed by atoms with Crippen LogP contribution in [0.5, 0.6) is 0 Å². The Balaban J connectivity index is 3.40. The Kier molecular flexibility index (Phi) is 7.91. The quantitative estimate of drug-likeness (QED) is 0.429. The van der Waals surface area contributed by atoms with Crippen molar-refractivity contribution < 1.29 is 0 Å². The first kappa shape index (κ1) is 12.6. The molecule has 1 atom stereocenters. The minimum atomic E-state index is 0.632. The molecule has 0 bridgehead atoms. The van der Waals surface area contributed by atoms with E-state index in [0.29, 0.717) is 5.92 Å². The Morgan fingerprint density at radius 2 is 2.23 bits per heavy atom. The largest absolute Gasteiger partial charge is 0.131 e. The van der Waals surface area contributed by atoms with Crippen molar-refractivity contribution in [2.45, 2.75) is 26.7 Å². The Morgan fingerprint density at radius 3 is 2.77 bits per heavy atom. The zero-order valence-electron chi connectivity index (χ0n) is 8.75. The summed E-state index contributed by atoms with van der Waals surface area (Å²) in [6, 6.07) is 0. The van der Waals surface area contributed by atoms with Gasteiger partial charge >= 0.3 is 0 Å². The van der Waals surface area contributed by atoms with Crippen LogP contribution in [0.1, 0.15) is 26.7 Å². The number of hydrogen-bond donors (Lipinski definition) is 0. The lowest BCUT2D eigenvalue weighted by Gasteiger charge is -2.00. The molecule has 0 spiro atoms. The highest BCUT2D eigenvalue weighted by Gasteiger charge is 1.91. The van der Waals surface area contributed by atoms with E-state index in [0.717, 1.165) is 18.6 Å². The maximum absolute atomic E-state index is 3.84. The minimum absolute atomic E-state index is 0.632. The van der Waals surface area contributed by atoms with Gasteiger partial charge in [-0.25, -0.2) is 0 Å². The summed E-state index contributed by atoms with van der Waals surface area (Å²) in [5, 5.41) is 0. The molecule has 0 aliphatic rings. The van der Waals surface area contributed by atoms with Gasteiger partial charge in [-0.3, -0.25) is 0 Å². The molecule has 0 amide bonds. The zero-order chi connectivity index (χ0) is 10.1. The van der Waals surface area contributed by atoms with E-state index in [9.17, 15) is 0 Å². The van der Waals surface area contributed by atoms with Crippen LogP contribution in [-0.4, -0.2) is 5.75 Å². The fraction of sp³-hybridized carbons (Fsp3) is 0.500. The summed E-state index contributed by atoms with van der Waals surface area (Å²) >= 11 is 1.83. The highest BCUT2D eigenvalue weighted by atomic mass is 32.2. The molecule has 0 radical (unpaired) electrons. The van der Waals surface area contributed by atoms with Crippen LogP contribution in [0, 0.1) is 5.92 Å². The van der Waals surface area contributed by atoms with E-state index >= 15 is 0 Å². The van der Waals surface area contributed by atoms with Crippen LogP contribution in [0.3, 0.4) is 0 Å². The summed E-state index contributed by atoms with van der Waals surface area (Å²) in [6.45, 7) is 11.8. The van der Waals surface area contributed by atoms with Crippen molar-refractivity contribution in [3.05, 3.63) is 36.3 Å². The molecule has 0 fully saturated rings. The van der Waals surface area contributed by atoms with Crippen LogP contribution in [0.2, 0.25) is 0 Å². The van der Waals surface area contributed by atoms with E-state index < -0.39 is 0 Å². The molecule has 0 heterocycles. The Hall–Kier alpha value is -0.430. The number of hydrogen-bond acceptors (Lipinski definition) is 1. The smallest absolute Gasteiger partial charge is 0.00111 e. The number of allylic oxidation sites excluding steroid dienone is 4. The molecule has 0 aromatic carbocycles. The molecule has 0 aliphatic carbocycles. The van der Waals surface area contributed by atoms with Crippen LogP contribution < -0.4 is 0 Å². The van der Waals surface area contributed by atoms with Gasteiger partial charge in [-0.15, -0.1) is 18.3 Å². The normalized spacial score (nSPS) is 13.1. The monoisotopic (exact) mass is 196 g/mol. The molecule has 0 rings (SSSR count). The second-order valence-electron chi connectivity index (χ2n) is 3.27. The molecular formula is C12H20S. The van der Waals surface area contributed by atoms with E-state index in [1.165, 1.54) is 4.91 Å². The third-order valence-electron chi connectivity index (χ3n) is 1.64. The SMILES string of the molecule is C=CCC(C)/C=C/CCSC(=C)C. The summed E-state index contributed by atoms with van der Waals surface area (Å²) in [4.78, 5) is 1.20. The van der Waals surface area contributed by atoms with Crippen LogP contribution >= 0.6 is 11.8 Å². The van der Waals surface area contributed by atoms with Crippen molar-refractivity contribution >= 4 is 11.8 Å². The zero-order valence-corrected chi connectivity index (χ0v) is 9.57. The lowest BCUT2D eigenvalue weighted by Crippen LogP contribution is -1.85. The second kappa shape index (κ2) is 8.18. The van der Waals surface area contributed by atoms with Gasteiger partial charge in [-0.05, 0) is 30.6 Å². The number of rotatable bonds is 7. The lowest BCUT2D eigenvalue weighted by molar-refractivity contribution is 0.742. The van der Waals surface area contributed by atoms with Crippen molar-refractivity contribution in [2.75, 3.05) is 5.75 Å². The number of thioether (sulfide) groups is 1. The van der Waals surface area contributed by atoms with Gasteiger partial charge in [0.25, 0.3) is 0 Å². The maximum atomic E-state index is 3.84. The highest BCUT2D eigenvalue weighted by Crippen LogP contribution is 2.13. The van der Waals surface area contributed by atoms with Crippen LogP contribution in [0.4, 0.5) is 0 Å². The van der Waals surface area contributed by atoms with Crippen molar-refractivity contribution in [1.29, 1.82) is 0 Å². The predicted octanol–water partition coefficient (Wildman–Crippen LogP) is 4.41. The first-order valence-corrected chi connectivity index (χ1v) is 5.71. The van der Waals surface area contributed by atoms with Crippen molar-refractivity contribution in [3.63, 3.8) is 0 Å². The average molecular weight is 196 g/mol. The van der Waals surface area contributed by atoms with E-state index in [1.807, 2.05) is 17.8 Å². The molecule has 0 saturated carbocycles. The summed E-state index contributed by atoms with van der Waals surface area (Å²) in [6.07, 6.45) is 8.70. The average Bonchev–Trinajstić information content (AvgIpc) is 2.03. The van der Waals surface area contributed by atoms with Gasteiger partial charge in [0, 0.05) is 5.75 Å². The lowest BCUT2D eigenvalue weighted by atomic mass is 10.1. The topological polar surface area (TPSA) is 0 Å². The molecule has 0 nitrogen and oxygen atoms in total. The first-order valence-electron chi connectivity index (χ1n) is 4.72. The Bertz CT molecular complexity index is 180. The molecule has 13 heavy (non-hydrogen) atoms. The molecule has 74 valence electrons. The molecule has 0 saturated heterocycles. The van der Waals surface area contributed by atoms with Gasteiger partial charge in [0.15, 0.2) is 0 Å². The van der Waals surface area contributed by atoms with Crippen molar-refractivity contribution in [1.82, 2.24) is 0 Å². The van der Waals surface area contributed by atoms with Crippen molar-refractivity contribution in [2.24, 2.45) is 5.92 Å². The standard InChI is InChI=1S/C12H20S/c1-5-8-12(4)9-6-7-10-13-11(2)3/h5-6,9,12H,1-2,7-8,10H2,3-4H3/b9-6+. The molecular weight excluding hydrogens is 176 g/mol. The predicted molar refractivity (Wildman–Crippen MR) is 65.0 cm³/mol. The third-order valence-corrected chi connectivity index (χ3v) is 2.57. The summed E-state index contributed by atoms with van der Waals surface area (Å²) < 4.78 is 0. The summed E-state index contributed by atoms with van der Waals surface area (Å²) in [7, 11) is 0. The van der Waals surface area contributed by atoms with Crippen LogP contribution in [0.15, 0.2) is 36.3 Å². The highest BCUT2D eigenvalue weighted by molar-refractivity contribution is 8.03. The van der Waals surface area contributed by atoms with Gasteiger partial charge in [0.05, 0.1) is 0 Å². The minimum Gasteiger partial charge on any atom is -0.131 e. The molecule has 1 heteroatoms. The first-order chi connectivity index (χ1) is 6.16. The van der Waals surface area contributed by atoms with E-state index in [4.69, 9.17) is 0 Å². The molecule has 0 N–H and O–H groups in total. The van der Waals surface area contributed by atoms with Crippen molar-refractivity contribution in [3.8, 4) is 0 Å². The molecule has 0 aromatic heterocycles. The molecule has 0 aliphatic heterocycles. The Labute approximate surface area is 86.8 Å². The van der Waals surface area contributed by atoms with E-state index in [-0.39, 0.29) is 0 Å². The summed E-state index contributed by atoms with van der Waals surface area (Å²) in [5.74, 6) is 1.78. The fourth-order valence-electron chi connectivity index (χ4n) is 0.971. The molecule has 0 aromatic rings. The van der Waals surface area contributed by atoms with Gasteiger partial charge in [-0.1, -0.05) is 31.7 Å². The fourth-order valence-corrected chi connectivity index (χ4v) is 1.57. The van der Waals surface area contributed by atoms with Crippen LogP contribution in [0.25, 0.3) is 0 Å². The Morgan fingerprint density at radius 1 is 1.54 bits per heavy atom. The van der Waals surface area contributed by atoms with Crippen LogP contribution in [-0.2, 0) is 0 Å². The maximum Gasteiger partial charge on any atom is 0.00111 e. The third kappa shape index (κ3) is 9.48. The van der Waals surface area contributed by atoms with Gasteiger partial charge < -0.3 is 0 Å². The summed E-state index contributed by atoms with van der Waals surface area (Å²) in [5.41, 5.74) is 0. The van der Waals surface area contributed by atoms with E-state index in [2.05, 4.69) is 39.2 Å². The van der Waals surface area contributed by atoms with Gasteiger partial charge in [0.2, 0.25) is 0 Å². The van der Waals surface area contributed by atoms with E-state index in [1.54, 1.807) is 0 Å². The van der Waals surface area contributed by atoms with Gasteiger partial charge in [0.1, 0.15) is 0 Å². The second-order valence-corrected chi connectivity index (χ2v) is 4.66. The molecule has 1 unspecified atom stereocenters.